The first-order valence-electron chi connectivity index (χ1n) is 4.54. The highest BCUT2D eigenvalue weighted by Crippen LogP contribution is 2.93. The maximum absolute atomic E-state index is 2.51. The predicted molar refractivity (Wildman–Crippen MR) is 41.7 cm³/mol. The fraction of sp³-hybridized carbons (Fsp3) is 1.00. The van der Waals surface area contributed by atoms with E-state index in [0.717, 1.165) is 22.2 Å². The van der Waals surface area contributed by atoms with Gasteiger partial charge in [-0.2, -0.15) is 0 Å². The maximum atomic E-state index is 2.51. The Hall–Kier alpha value is 0. The van der Waals surface area contributed by atoms with Gasteiger partial charge in [0.25, 0.3) is 0 Å². The molecule has 4 fully saturated rings. The lowest BCUT2D eigenvalue weighted by atomic mass is 10.0. The number of hydrogen-bond donors (Lipinski definition) is 0. The van der Waals surface area contributed by atoms with Crippen LogP contribution in [0, 0.1) is 22.2 Å². The van der Waals surface area contributed by atoms with Gasteiger partial charge in [0.2, 0.25) is 0 Å². The first-order chi connectivity index (χ1) is 4.54. The van der Waals surface area contributed by atoms with E-state index < -0.39 is 0 Å². The highest BCUT2D eigenvalue weighted by molar-refractivity contribution is 5.34. The van der Waals surface area contributed by atoms with Gasteiger partial charge < -0.3 is 0 Å². The third kappa shape index (κ3) is 0.245. The van der Waals surface area contributed by atoms with E-state index in [0.29, 0.717) is 0 Å². The Balaban J connectivity index is 2.22. The van der Waals surface area contributed by atoms with Gasteiger partial charge in [-0.3, -0.25) is 0 Å². The van der Waals surface area contributed by atoms with Crippen molar-refractivity contribution in [3.8, 4) is 0 Å². The molecule has 0 aliphatic heterocycles. The van der Waals surface area contributed by atoms with Crippen molar-refractivity contribution in [2.45, 2.75) is 40.0 Å². The lowest BCUT2D eigenvalue weighted by Gasteiger charge is -2.03. The molecule has 4 saturated carbocycles. The number of hydrogen-bond acceptors (Lipinski definition) is 0. The zero-order chi connectivity index (χ0) is 7.20. The van der Waals surface area contributed by atoms with E-state index in [2.05, 4.69) is 20.8 Å². The van der Waals surface area contributed by atoms with Crippen LogP contribution in [0.2, 0.25) is 0 Å². The molecule has 0 heteroatoms. The molecule has 0 unspecified atom stereocenters. The zero-order valence-electron chi connectivity index (χ0n) is 7.20. The molecule has 0 amide bonds. The summed E-state index contributed by atoms with van der Waals surface area (Å²) in [6, 6.07) is 0. The second-order valence-corrected chi connectivity index (χ2v) is 5.47. The summed E-state index contributed by atoms with van der Waals surface area (Å²) in [5, 5.41) is 0. The van der Waals surface area contributed by atoms with Crippen molar-refractivity contribution in [1.82, 2.24) is 0 Å². The molecule has 0 radical (unpaired) electrons. The molecule has 0 saturated heterocycles. The van der Waals surface area contributed by atoms with Crippen molar-refractivity contribution < 1.29 is 0 Å². The van der Waals surface area contributed by atoms with Crippen molar-refractivity contribution >= 4 is 0 Å². The fourth-order valence-electron chi connectivity index (χ4n) is 4.71. The molecule has 0 aromatic heterocycles. The summed E-state index contributed by atoms with van der Waals surface area (Å²) >= 11 is 0. The van der Waals surface area contributed by atoms with E-state index >= 15 is 0 Å². The summed E-state index contributed by atoms with van der Waals surface area (Å²) in [5.74, 6) is 1.11. The first-order valence-corrected chi connectivity index (χ1v) is 4.54. The van der Waals surface area contributed by atoms with Gasteiger partial charge in [0.05, 0.1) is 0 Å². The van der Waals surface area contributed by atoms with Crippen LogP contribution in [-0.4, -0.2) is 0 Å². The average molecular weight is 136 g/mol. The van der Waals surface area contributed by atoms with Gasteiger partial charge in [0.1, 0.15) is 0 Å². The standard InChI is InChI=1S/C10H16/c1-8-4-7-5-9(8,2)10(8,3)6-7/h7H,4-6H2,1-3H3. The summed E-state index contributed by atoms with van der Waals surface area (Å²) in [6.07, 6.45) is 4.62. The quantitative estimate of drug-likeness (QED) is 0.480. The fourth-order valence-corrected chi connectivity index (χ4v) is 4.71. The SMILES string of the molecule is CC12CC3CC1(C)C2(C)C3. The lowest BCUT2D eigenvalue weighted by Crippen LogP contribution is -1.95. The minimum atomic E-state index is 0.769. The highest BCUT2D eigenvalue weighted by Gasteiger charge is 2.86. The Morgan fingerprint density at radius 1 is 0.800 bits per heavy atom. The Morgan fingerprint density at radius 3 is 1.20 bits per heavy atom. The molecular weight excluding hydrogens is 120 g/mol. The van der Waals surface area contributed by atoms with Crippen LogP contribution in [0.3, 0.4) is 0 Å². The Bertz CT molecular complexity index is 170. The second-order valence-electron chi connectivity index (χ2n) is 5.47. The molecule has 0 aromatic rings. The van der Waals surface area contributed by atoms with Crippen LogP contribution >= 0.6 is 0 Å². The number of rotatable bonds is 0. The third-order valence-electron chi connectivity index (χ3n) is 5.68. The van der Waals surface area contributed by atoms with Gasteiger partial charge in [-0.25, -0.2) is 0 Å². The van der Waals surface area contributed by atoms with Crippen LogP contribution < -0.4 is 0 Å². The molecule has 56 valence electrons. The Morgan fingerprint density at radius 2 is 1.10 bits per heavy atom. The van der Waals surface area contributed by atoms with Gasteiger partial charge in [-0.15, -0.1) is 0 Å². The molecule has 0 N–H and O–H groups in total. The minimum Gasteiger partial charge on any atom is -0.0585 e. The van der Waals surface area contributed by atoms with Crippen molar-refractivity contribution in [1.29, 1.82) is 0 Å². The average Bonchev–Trinajstić information content (AvgIpc) is 2.13. The van der Waals surface area contributed by atoms with E-state index in [9.17, 15) is 0 Å². The van der Waals surface area contributed by atoms with E-state index in [1.807, 2.05) is 0 Å². The van der Waals surface area contributed by atoms with Crippen molar-refractivity contribution in [2.75, 3.05) is 0 Å². The Kier molecular flexibility index (Phi) is 0.562. The van der Waals surface area contributed by atoms with Gasteiger partial charge in [-0.1, -0.05) is 20.8 Å². The minimum absolute atomic E-state index is 0.769. The van der Waals surface area contributed by atoms with Crippen LogP contribution in [-0.2, 0) is 0 Å². The Labute approximate surface area is 63.0 Å². The first kappa shape index (κ1) is 5.62. The van der Waals surface area contributed by atoms with Crippen LogP contribution in [0.1, 0.15) is 40.0 Å². The van der Waals surface area contributed by atoms with Gasteiger partial charge in [-0.05, 0) is 41.4 Å². The van der Waals surface area contributed by atoms with Crippen LogP contribution in [0.5, 0.6) is 0 Å². The van der Waals surface area contributed by atoms with E-state index in [1.54, 1.807) is 19.3 Å². The van der Waals surface area contributed by atoms with Crippen LogP contribution in [0.4, 0.5) is 0 Å². The molecule has 0 nitrogen and oxygen atoms in total. The molecule has 0 heterocycles. The molecule has 10 heavy (non-hydrogen) atoms. The highest BCUT2D eigenvalue weighted by atomic mass is 14.9. The largest absolute Gasteiger partial charge is 0.0585 e. The molecule has 0 spiro atoms. The molecule has 0 aromatic carbocycles. The van der Waals surface area contributed by atoms with E-state index in [4.69, 9.17) is 0 Å². The van der Waals surface area contributed by atoms with Crippen LogP contribution in [0.15, 0.2) is 0 Å². The smallest absolute Gasteiger partial charge is 0.0204 e. The topological polar surface area (TPSA) is 0 Å². The van der Waals surface area contributed by atoms with Crippen molar-refractivity contribution in [3.05, 3.63) is 0 Å². The van der Waals surface area contributed by atoms with Crippen molar-refractivity contribution in [2.24, 2.45) is 22.2 Å². The van der Waals surface area contributed by atoms with E-state index in [1.165, 1.54) is 0 Å². The third-order valence-corrected chi connectivity index (χ3v) is 5.68. The van der Waals surface area contributed by atoms with Gasteiger partial charge >= 0.3 is 0 Å². The summed E-state index contributed by atoms with van der Waals surface area (Å²) in [6.45, 7) is 7.54. The van der Waals surface area contributed by atoms with E-state index in [-0.39, 0.29) is 0 Å². The van der Waals surface area contributed by atoms with Gasteiger partial charge in [0, 0.05) is 0 Å². The zero-order valence-corrected chi connectivity index (χ0v) is 7.20. The molecule has 4 bridgehead atoms. The molecule has 4 aliphatic rings. The van der Waals surface area contributed by atoms with Crippen LogP contribution in [0.25, 0.3) is 0 Å². The molecule has 0 atom stereocenters. The molecule has 4 rings (SSSR count). The molecular formula is C10H16. The lowest BCUT2D eigenvalue weighted by molar-refractivity contribution is 0.457. The summed E-state index contributed by atoms with van der Waals surface area (Å²) < 4.78 is 0. The summed E-state index contributed by atoms with van der Waals surface area (Å²) in [4.78, 5) is 0. The van der Waals surface area contributed by atoms with Crippen molar-refractivity contribution in [3.63, 3.8) is 0 Å². The summed E-state index contributed by atoms with van der Waals surface area (Å²) in [7, 11) is 0. The summed E-state index contributed by atoms with van der Waals surface area (Å²) in [5.41, 5.74) is 2.31. The monoisotopic (exact) mass is 136 g/mol. The maximum Gasteiger partial charge on any atom is -0.0204 e. The normalized spacial score (nSPS) is 76.5. The van der Waals surface area contributed by atoms with Gasteiger partial charge in [0.15, 0.2) is 0 Å². The second kappa shape index (κ2) is 1.00. The molecule has 4 aliphatic carbocycles. The predicted octanol–water partition coefficient (Wildman–Crippen LogP) is 2.83.